The summed E-state index contributed by atoms with van der Waals surface area (Å²) in [6.07, 6.45) is 0.407. The lowest BCUT2D eigenvalue weighted by atomic mass is 9.81. The minimum absolute atomic E-state index is 0.0483. The van der Waals surface area contributed by atoms with Crippen molar-refractivity contribution in [2.45, 2.75) is 70.6 Å². The molecule has 0 saturated carbocycles. The van der Waals surface area contributed by atoms with Gasteiger partial charge in [0.25, 0.3) is 0 Å². The quantitative estimate of drug-likeness (QED) is 0.117. The number of benzene rings is 5. The Morgan fingerprint density at radius 3 is 1.82 bits per heavy atom. The maximum absolute atomic E-state index is 6.99. The van der Waals surface area contributed by atoms with E-state index in [1.807, 2.05) is 78.9 Å². The molecule has 254 valence electrons. The summed E-state index contributed by atoms with van der Waals surface area (Å²) in [6, 6.07) is 44.8. The van der Waals surface area contributed by atoms with Crippen LogP contribution in [0.1, 0.15) is 53.6 Å². The molecule has 0 amide bonds. The van der Waals surface area contributed by atoms with Gasteiger partial charge in [0, 0.05) is 23.6 Å². The molecule has 0 spiro atoms. The molecule has 5 aromatic carbocycles. The van der Waals surface area contributed by atoms with Gasteiger partial charge in [-0.25, -0.2) is 0 Å². The van der Waals surface area contributed by atoms with E-state index in [1.54, 1.807) is 7.11 Å². The van der Waals surface area contributed by atoms with Gasteiger partial charge in [0.05, 0.1) is 25.4 Å². The van der Waals surface area contributed by atoms with Gasteiger partial charge in [0.1, 0.15) is 18.5 Å². The maximum Gasteiger partial charge on any atom is 0.224 e. The summed E-state index contributed by atoms with van der Waals surface area (Å²) in [5, 5.41) is 0.675. The molecular weight excluding hydrogens is 632 g/mol. The molecule has 0 N–H and O–H groups in total. The summed E-state index contributed by atoms with van der Waals surface area (Å²) in [4.78, 5) is 0. The Bertz CT molecular complexity index is 1730. The van der Waals surface area contributed by atoms with Crippen LogP contribution in [0.25, 0.3) is 0 Å². The molecule has 5 aromatic rings. The molecule has 0 bridgehead atoms. The fourth-order valence-corrected chi connectivity index (χ4v) is 6.82. The van der Waals surface area contributed by atoms with E-state index < -0.39 is 11.9 Å². The smallest absolute Gasteiger partial charge is 0.224 e. The first-order valence-corrected chi connectivity index (χ1v) is 17.5. The van der Waals surface area contributed by atoms with Gasteiger partial charge >= 0.3 is 0 Å². The van der Waals surface area contributed by atoms with Crippen LogP contribution in [0.4, 0.5) is 0 Å². The van der Waals surface area contributed by atoms with Crippen LogP contribution >= 0.6 is 11.6 Å². The average molecular weight is 677 g/mol. The van der Waals surface area contributed by atoms with Crippen molar-refractivity contribution in [3.8, 4) is 5.75 Å². The molecule has 6 rings (SSSR count). The van der Waals surface area contributed by atoms with Crippen molar-refractivity contribution in [1.82, 2.24) is 0 Å². The van der Waals surface area contributed by atoms with Crippen LogP contribution in [0.15, 0.2) is 133 Å². The molecule has 0 aromatic heterocycles. The van der Waals surface area contributed by atoms with Crippen molar-refractivity contribution in [3.05, 3.63) is 172 Å². The van der Waals surface area contributed by atoms with E-state index in [4.69, 9.17) is 35.3 Å². The first-order valence-electron chi connectivity index (χ1n) is 17.1. The number of ether oxygens (including phenoxy) is 5. The second-order valence-corrected chi connectivity index (χ2v) is 13.1. The van der Waals surface area contributed by atoms with E-state index in [0.29, 0.717) is 31.3 Å². The second-order valence-electron chi connectivity index (χ2n) is 12.7. The van der Waals surface area contributed by atoms with Crippen molar-refractivity contribution in [2.24, 2.45) is 5.92 Å². The molecule has 1 aliphatic heterocycles. The zero-order valence-electron chi connectivity index (χ0n) is 28.5. The standard InChI is InChI=1S/C43H45ClO5/c1-4-40-31(2)41(47-29-34-16-10-6-11-17-34)42(48-30-35-18-12-7-13-19-35)43(45-3,49-40)37-22-25-39(44)36(27-37)26-32-20-23-38(24-21-32)46-28-33-14-8-5-9-15-33/h5-25,27,31,40-42H,4,26,28-30H2,1-3H3/t31-,40-,41+,42-,43+/m1/s1. The van der Waals surface area contributed by atoms with Gasteiger partial charge in [-0.05, 0) is 64.9 Å². The van der Waals surface area contributed by atoms with Gasteiger partial charge < -0.3 is 23.7 Å². The van der Waals surface area contributed by atoms with Crippen molar-refractivity contribution in [2.75, 3.05) is 7.11 Å². The third kappa shape index (κ3) is 8.43. The summed E-state index contributed by atoms with van der Waals surface area (Å²) >= 11 is 6.86. The molecule has 1 saturated heterocycles. The van der Waals surface area contributed by atoms with Gasteiger partial charge in [-0.1, -0.05) is 135 Å². The maximum atomic E-state index is 6.99. The number of halogens is 1. The van der Waals surface area contributed by atoms with Crippen LogP contribution in [0.3, 0.4) is 0 Å². The zero-order valence-corrected chi connectivity index (χ0v) is 29.2. The predicted octanol–water partition coefficient (Wildman–Crippen LogP) is 9.92. The molecule has 0 radical (unpaired) electrons. The monoisotopic (exact) mass is 676 g/mol. The van der Waals surface area contributed by atoms with Crippen LogP contribution in [0, 0.1) is 5.92 Å². The van der Waals surface area contributed by atoms with Crippen LogP contribution in [0.5, 0.6) is 5.75 Å². The Morgan fingerprint density at radius 2 is 1.24 bits per heavy atom. The SMILES string of the molecule is CC[C@H]1O[C@@](OC)(c2ccc(Cl)c(Cc3ccc(OCc4ccccc4)cc3)c2)[C@H](OCc2ccccc2)[C@@H](OCc2ccccc2)[C@@H]1C. The Kier molecular flexibility index (Phi) is 11.8. The Morgan fingerprint density at radius 1 is 0.673 bits per heavy atom. The molecule has 5 nitrogen and oxygen atoms in total. The van der Waals surface area contributed by atoms with E-state index >= 15 is 0 Å². The van der Waals surface area contributed by atoms with Crippen molar-refractivity contribution in [1.29, 1.82) is 0 Å². The van der Waals surface area contributed by atoms with E-state index in [2.05, 4.69) is 68.4 Å². The Labute approximate surface area is 295 Å². The van der Waals surface area contributed by atoms with Crippen LogP contribution in [0.2, 0.25) is 5.02 Å². The van der Waals surface area contributed by atoms with E-state index in [1.165, 1.54) is 0 Å². The highest BCUT2D eigenvalue weighted by Gasteiger charge is 2.56. The number of hydrogen-bond acceptors (Lipinski definition) is 5. The summed E-state index contributed by atoms with van der Waals surface area (Å²) in [5.74, 6) is -0.370. The van der Waals surface area contributed by atoms with Gasteiger partial charge in [0.15, 0.2) is 0 Å². The highest BCUT2D eigenvalue weighted by atomic mass is 35.5. The third-order valence-corrected chi connectivity index (χ3v) is 9.75. The molecule has 6 heteroatoms. The van der Waals surface area contributed by atoms with Crippen LogP contribution in [-0.4, -0.2) is 25.4 Å². The molecule has 1 fully saturated rings. The van der Waals surface area contributed by atoms with Gasteiger partial charge in [-0.15, -0.1) is 0 Å². The average Bonchev–Trinajstić information content (AvgIpc) is 3.15. The minimum atomic E-state index is -1.24. The van der Waals surface area contributed by atoms with Crippen molar-refractivity contribution in [3.63, 3.8) is 0 Å². The Hall–Kier alpha value is -3.97. The van der Waals surface area contributed by atoms with Gasteiger partial charge in [-0.3, -0.25) is 0 Å². The highest BCUT2D eigenvalue weighted by molar-refractivity contribution is 6.31. The largest absolute Gasteiger partial charge is 0.489 e. The molecule has 0 aliphatic carbocycles. The zero-order chi connectivity index (χ0) is 34.1. The van der Waals surface area contributed by atoms with E-state index in [0.717, 1.165) is 45.6 Å². The molecule has 49 heavy (non-hydrogen) atoms. The molecule has 1 aliphatic rings. The predicted molar refractivity (Wildman–Crippen MR) is 195 cm³/mol. The topological polar surface area (TPSA) is 46.2 Å². The first-order chi connectivity index (χ1) is 24.0. The van der Waals surface area contributed by atoms with Gasteiger partial charge in [-0.2, -0.15) is 0 Å². The van der Waals surface area contributed by atoms with Crippen LogP contribution < -0.4 is 4.74 Å². The summed E-state index contributed by atoms with van der Waals surface area (Å²) < 4.78 is 33.1. The first kappa shape index (κ1) is 34.9. The molecule has 0 unspecified atom stereocenters. The van der Waals surface area contributed by atoms with E-state index in [-0.39, 0.29) is 18.1 Å². The van der Waals surface area contributed by atoms with Crippen molar-refractivity contribution >= 4 is 11.6 Å². The lowest BCUT2D eigenvalue weighted by Crippen LogP contribution is -2.62. The Balaban J connectivity index is 1.29. The molecule has 1 heterocycles. The highest BCUT2D eigenvalue weighted by Crippen LogP contribution is 2.46. The molecular formula is C43H45ClO5. The number of methoxy groups -OCH3 is 1. The summed E-state index contributed by atoms with van der Waals surface area (Å²) in [6.45, 7) is 5.68. The lowest BCUT2D eigenvalue weighted by molar-refractivity contribution is -0.369. The van der Waals surface area contributed by atoms with E-state index in [9.17, 15) is 0 Å². The fourth-order valence-electron chi connectivity index (χ4n) is 6.63. The number of rotatable bonds is 14. The lowest BCUT2D eigenvalue weighted by Gasteiger charge is -2.52. The van der Waals surface area contributed by atoms with Crippen LogP contribution in [-0.2, 0) is 51.0 Å². The van der Waals surface area contributed by atoms with Crippen molar-refractivity contribution < 1.29 is 23.7 Å². The normalized spacial score (nSPS) is 22.1. The second kappa shape index (κ2) is 16.6. The summed E-state index contributed by atoms with van der Waals surface area (Å²) in [5.41, 5.74) is 6.21. The minimum Gasteiger partial charge on any atom is -0.489 e. The summed E-state index contributed by atoms with van der Waals surface area (Å²) in [7, 11) is 1.69. The third-order valence-electron chi connectivity index (χ3n) is 9.38. The van der Waals surface area contributed by atoms with Gasteiger partial charge in [0.2, 0.25) is 5.79 Å². The number of hydrogen-bond donors (Lipinski definition) is 0. The fraction of sp³-hybridized carbons (Fsp3) is 0.302. The molecule has 5 atom stereocenters.